The molecule has 1 aliphatic rings. The van der Waals surface area contributed by atoms with E-state index in [1.54, 1.807) is 0 Å². The molecule has 1 aliphatic heterocycles. The van der Waals surface area contributed by atoms with Gasteiger partial charge in [0.25, 0.3) is 0 Å². The van der Waals surface area contributed by atoms with Gasteiger partial charge in [-0.05, 0) is 19.4 Å². The van der Waals surface area contributed by atoms with E-state index in [0.717, 1.165) is 19.5 Å². The maximum atomic E-state index is 9.11. The van der Waals surface area contributed by atoms with E-state index in [4.69, 9.17) is 10.8 Å². The number of aliphatic hydroxyl groups excluding tert-OH is 1. The van der Waals surface area contributed by atoms with Crippen molar-refractivity contribution < 1.29 is 5.11 Å². The van der Waals surface area contributed by atoms with Crippen LogP contribution < -0.4 is 5.73 Å². The Bertz CT molecular complexity index is 141. The highest BCUT2D eigenvalue weighted by Crippen LogP contribution is 2.16. The van der Waals surface area contributed by atoms with E-state index in [1.807, 2.05) is 0 Å². The Morgan fingerprint density at radius 3 is 2.85 bits per heavy atom. The molecule has 0 amide bonds. The normalized spacial score (nSPS) is 29.8. The maximum Gasteiger partial charge on any atom is 0.0587 e. The highest BCUT2D eigenvalue weighted by Gasteiger charge is 2.28. The third-order valence-electron chi connectivity index (χ3n) is 2.82. The quantitative estimate of drug-likeness (QED) is 0.617. The van der Waals surface area contributed by atoms with Gasteiger partial charge in [0.15, 0.2) is 0 Å². The number of nitrogens with two attached hydrogens (primary N) is 1. The molecule has 1 rings (SSSR count). The fraction of sp³-hybridized carbons (Fsp3) is 1.00. The van der Waals surface area contributed by atoms with E-state index in [0.29, 0.717) is 6.04 Å². The fourth-order valence-corrected chi connectivity index (χ4v) is 2.05. The van der Waals surface area contributed by atoms with Crippen LogP contribution in [0.15, 0.2) is 0 Å². The van der Waals surface area contributed by atoms with Crippen molar-refractivity contribution >= 4 is 0 Å². The minimum atomic E-state index is 0.264. The van der Waals surface area contributed by atoms with Crippen molar-refractivity contribution in [1.82, 2.24) is 4.90 Å². The smallest absolute Gasteiger partial charge is 0.0587 e. The monoisotopic (exact) mass is 186 g/mol. The molecule has 0 aliphatic carbocycles. The van der Waals surface area contributed by atoms with Crippen LogP contribution in [0.25, 0.3) is 0 Å². The minimum absolute atomic E-state index is 0.264. The van der Waals surface area contributed by atoms with Gasteiger partial charge in [0.1, 0.15) is 0 Å². The molecule has 78 valence electrons. The largest absolute Gasteiger partial charge is 0.395 e. The molecule has 2 atom stereocenters. The van der Waals surface area contributed by atoms with Crippen LogP contribution in [0.3, 0.4) is 0 Å². The summed E-state index contributed by atoms with van der Waals surface area (Å²) < 4.78 is 0. The summed E-state index contributed by atoms with van der Waals surface area (Å²) in [5, 5.41) is 9.11. The number of hydrogen-bond acceptors (Lipinski definition) is 3. The fourth-order valence-electron chi connectivity index (χ4n) is 2.05. The average molecular weight is 186 g/mol. The molecule has 0 bridgehead atoms. The Labute approximate surface area is 80.9 Å². The van der Waals surface area contributed by atoms with Crippen LogP contribution in [0.1, 0.15) is 32.6 Å². The molecule has 0 spiro atoms. The lowest BCUT2D eigenvalue weighted by atomic mass is 10.2. The van der Waals surface area contributed by atoms with Crippen LogP contribution in [-0.4, -0.2) is 41.8 Å². The molecular weight excluding hydrogens is 164 g/mol. The van der Waals surface area contributed by atoms with E-state index < -0.39 is 0 Å². The van der Waals surface area contributed by atoms with Gasteiger partial charge in [-0.15, -0.1) is 0 Å². The van der Waals surface area contributed by atoms with Crippen molar-refractivity contribution in [2.24, 2.45) is 5.73 Å². The Morgan fingerprint density at radius 1 is 1.46 bits per heavy atom. The third-order valence-corrected chi connectivity index (χ3v) is 2.82. The Balaban J connectivity index is 2.23. The Hall–Kier alpha value is -0.120. The predicted octanol–water partition coefficient (Wildman–Crippen LogP) is 0.571. The molecule has 3 heteroatoms. The van der Waals surface area contributed by atoms with Gasteiger partial charge in [0, 0.05) is 18.6 Å². The minimum Gasteiger partial charge on any atom is -0.395 e. The number of hydrogen-bond donors (Lipinski definition) is 2. The molecule has 0 aromatic carbocycles. The van der Waals surface area contributed by atoms with Crippen LogP contribution in [0.5, 0.6) is 0 Å². The van der Waals surface area contributed by atoms with Crippen LogP contribution in [-0.2, 0) is 0 Å². The summed E-state index contributed by atoms with van der Waals surface area (Å²) in [4.78, 5) is 2.33. The molecule has 1 fully saturated rings. The first-order valence-electron chi connectivity index (χ1n) is 5.38. The number of nitrogens with zero attached hydrogens (tertiary/aromatic N) is 1. The molecule has 0 aromatic heterocycles. The number of likely N-dealkylation sites (tertiary alicyclic amines) is 1. The van der Waals surface area contributed by atoms with E-state index in [9.17, 15) is 0 Å². The van der Waals surface area contributed by atoms with Crippen LogP contribution in [0, 0.1) is 0 Å². The molecular formula is C10H22N2O. The topological polar surface area (TPSA) is 49.5 Å². The summed E-state index contributed by atoms with van der Waals surface area (Å²) in [6, 6.07) is 0.602. The van der Waals surface area contributed by atoms with Gasteiger partial charge < -0.3 is 10.8 Å². The molecule has 0 aromatic rings. The van der Waals surface area contributed by atoms with Crippen LogP contribution >= 0.6 is 0 Å². The Morgan fingerprint density at radius 2 is 2.23 bits per heavy atom. The van der Waals surface area contributed by atoms with Gasteiger partial charge in [-0.25, -0.2) is 0 Å². The van der Waals surface area contributed by atoms with Crippen molar-refractivity contribution in [2.75, 3.05) is 19.7 Å². The van der Waals surface area contributed by atoms with Crippen LogP contribution in [0.2, 0.25) is 0 Å². The van der Waals surface area contributed by atoms with Gasteiger partial charge in [-0.1, -0.05) is 19.8 Å². The van der Waals surface area contributed by atoms with Gasteiger partial charge in [0.05, 0.1) is 6.61 Å². The summed E-state index contributed by atoms with van der Waals surface area (Å²) in [5.74, 6) is 0. The maximum absolute atomic E-state index is 9.11. The van der Waals surface area contributed by atoms with E-state index in [2.05, 4.69) is 11.8 Å². The van der Waals surface area contributed by atoms with Crippen molar-refractivity contribution in [3.8, 4) is 0 Å². The average Bonchev–Trinajstić information content (AvgIpc) is 2.47. The predicted molar refractivity (Wildman–Crippen MR) is 54.6 cm³/mol. The van der Waals surface area contributed by atoms with Crippen LogP contribution in [0.4, 0.5) is 0 Å². The lowest BCUT2D eigenvalue weighted by Gasteiger charge is -2.21. The summed E-state index contributed by atoms with van der Waals surface area (Å²) in [7, 11) is 0. The highest BCUT2D eigenvalue weighted by molar-refractivity contribution is 4.86. The first kappa shape index (κ1) is 11.0. The number of unbranched alkanes of at least 4 members (excludes halogenated alkanes) is 2. The number of rotatable bonds is 5. The van der Waals surface area contributed by atoms with Crippen molar-refractivity contribution in [3.05, 3.63) is 0 Å². The van der Waals surface area contributed by atoms with Gasteiger partial charge in [0.2, 0.25) is 0 Å². The van der Waals surface area contributed by atoms with E-state index >= 15 is 0 Å². The van der Waals surface area contributed by atoms with Gasteiger partial charge in [-0.2, -0.15) is 0 Å². The lowest BCUT2D eigenvalue weighted by molar-refractivity contribution is 0.157. The molecule has 13 heavy (non-hydrogen) atoms. The lowest BCUT2D eigenvalue weighted by Crippen LogP contribution is -2.33. The SMILES string of the molecule is CCCCCN1C[C@@H](N)C[C@H]1CO. The van der Waals surface area contributed by atoms with Crippen molar-refractivity contribution in [3.63, 3.8) is 0 Å². The summed E-state index contributed by atoms with van der Waals surface area (Å²) in [6.07, 6.45) is 4.73. The first-order chi connectivity index (χ1) is 6.27. The second-order valence-electron chi connectivity index (χ2n) is 4.03. The molecule has 1 saturated heterocycles. The van der Waals surface area contributed by atoms with E-state index in [-0.39, 0.29) is 12.6 Å². The van der Waals surface area contributed by atoms with E-state index in [1.165, 1.54) is 19.3 Å². The Kier molecular flexibility index (Phi) is 4.70. The van der Waals surface area contributed by atoms with Gasteiger partial charge >= 0.3 is 0 Å². The molecule has 0 saturated carbocycles. The zero-order valence-corrected chi connectivity index (χ0v) is 8.58. The highest BCUT2D eigenvalue weighted by atomic mass is 16.3. The molecule has 0 unspecified atom stereocenters. The third kappa shape index (κ3) is 3.25. The molecule has 1 heterocycles. The van der Waals surface area contributed by atoms with Crippen molar-refractivity contribution in [2.45, 2.75) is 44.7 Å². The molecule has 3 nitrogen and oxygen atoms in total. The summed E-state index contributed by atoms with van der Waals surface area (Å²) >= 11 is 0. The zero-order valence-electron chi connectivity index (χ0n) is 8.58. The summed E-state index contributed by atoms with van der Waals surface area (Å²) in [6.45, 7) is 4.54. The summed E-state index contributed by atoms with van der Waals surface area (Å²) in [5.41, 5.74) is 5.84. The van der Waals surface area contributed by atoms with Gasteiger partial charge in [-0.3, -0.25) is 4.90 Å². The molecule has 3 N–H and O–H groups in total. The second-order valence-corrected chi connectivity index (χ2v) is 4.03. The first-order valence-corrected chi connectivity index (χ1v) is 5.38. The standard InChI is InChI=1S/C10H22N2O/c1-2-3-4-5-12-7-9(11)6-10(12)8-13/h9-10,13H,2-8,11H2,1H3/t9-,10-/m0/s1. The zero-order chi connectivity index (χ0) is 9.68. The second kappa shape index (κ2) is 5.58. The number of aliphatic hydroxyl groups is 1. The molecule has 0 radical (unpaired) electrons. The van der Waals surface area contributed by atoms with Crippen molar-refractivity contribution in [1.29, 1.82) is 0 Å².